The fourth-order valence-corrected chi connectivity index (χ4v) is 2.61. The molecule has 2 aromatic rings. The molecule has 0 aromatic heterocycles. The van der Waals surface area contributed by atoms with Gasteiger partial charge in [-0.3, -0.25) is 20.0 Å². The molecule has 1 aliphatic heterocycles. The van der Waals surface area contributed by atoms with Gasteiger partial charge in [-0.25, -0.2) is 5.01 Å². The van der Waals surface area contributed by atoms with Crippen LogP contribution in [0.4, 0.5) is 11.4 Å². The van der Waals surface area contributed by atoms with Crippen LogP contribution in [0.3, 0.4) is 0 Å². The van der Waals surface area contributed by atoms with E-state index in [2.05, 4.69) is 29.6 Å². The Morgan fingerprint density at radius 2 is 1.92 bits per heavy atom. The van der Waals surface area contributed by atoms with Crippen LogP contribution >= 0.6 is 0 Å². The van der Waals surface area contributed by atoms with Crippen molar-refractivity contribution in [2.45, 2.75) is 26.7 Å². The Balaban J connectivity index is 1.74. The summed E-state index contributed by atoms with van der Waals surface area (Å²) >= 11 is 0. The first-order valence-corrected chi connectivity index (χ1v) is 8.56. The number of hydrogen-bond donors (Lipinski definition) is 2. The van der Waals surface area contributed by atoms with Gasteiger partial charge < -0.3 is 5.32 Å². The van der Waals surface area contributed by atoms with Crippen molar-refractivity contribution in [3.05, 3.63) is 59.7 Å². The van der Waals surface area contributed by atoms with Crippen molar-refractivity contribution >= 4 is 29.0 Å². The molecule has 2 amide bonds. The molecule has 0 radical (unpaired) electrons. The van der Waals surface area contributed by atoms with Crippen LogP contribution in [0.1, 0.15) is 30.9 Å². The molecule has 1 heterocycles. The van der Waals surface area contributed by atoms with Gasteiger partial charge in [0.1, 0.15) is 6.54 Å². The van der Waals surface area contributed by atoms with Gasteiger partial charge in [-0.1, -0.05) is 43.7 Å². The van der Waals surface area contributed by atoms with E-state index in [1.165, 1.54) is 5.01 Å². The van der Waals surface area contributed by atoms with Gasteiger partial charge in [-0.2, -0.15) is 0 Å². The Kier molecular flexibility index (Phi) is 5.02. The molecule has 0 fully saturated rings. The van der Waals surface area contributed by atoms with Crippen molar-refractivity contribution in [3.8, 4) is 0 Å². The number of nitrogens with one attached hydrogen (secondary N) is 2. The second kappa shape index (κ2) is 7.39. The number of hydrogen-bond acceptors (Lipinski definition) is 4. The van der Waals surface area contributed by atoms with Gasteiger partial charge >= 0.3 is 0 Å². The number of aliphatic imine (C=N–C) groups is 1. The number of carbonyl (C=O) groups excluding carboxylic acids is 2. The van der Waals surface area contributed by atoms with Crippen molar-refractivity contribution in [1.29, 1.82) is 0 Å². The molecule has 0 unspecified atom stereocenters. The van der Waals surface area contributed by atoms with Crippen LogP contribution in [0.5, 0.6) is 0 Å². The van der Waals surface area contributed by atoms with Crippen molar-refractivity contribution in [1.82, 2.24) is 5.43 Å². The van der Waals surface area contributed by atoms with E-state index in [-0.39, 0.29) is 24.2 Å². The van der Waals surface area contributed by atoms with E-state index in [1.807, 2.05) is 55.5 Å². The molecule has 0 aliphatic carbocycles. The molecular weight excluding hydrogens is 328 g/mol. The molecule has 2 N–H and O–H groups in total. The Morgan fingerprint density at radius 3 is 2.62 bits per heavy atom. The molecule has 1 aliphatic rings. The van der Waals surface area contributed by atoms with E-state index in [0.717, 1.165) is 11.1 Å². The number of hydrazine groups is 1. The Labute approximate surface area is 152 Å². The molecule has 26 heavy (non-hydrogen) atoms. The SMILES string of the molecule is Cc1ccc(N2NC(C(=O)Nc3cccc(C(C)C)c3)=NCC2=O)cc1. The smallest absolute Gasteiger partial charge is 0.292 e. The Morgan fingerprint density at radius 1 is 1.19 bits per heavy atom. The predicted octanol–water partition coefficient (Wildman–Crippen LogP) is 3.01. The van der Waals surface area contributed by atoms with Gasteiger partial charge in [0.15, 0.2) is 0 Å². The zero-order valence-corrected chi connectivity index (χ0v) is 15.1. The average Bonchev–Trinajstić information content (AvgIpc) is 2.63. The zero-order chi connectivity index (χ0) is 18.7. The quantitative estimate of drug-likeness (QED) is 0.890. The van der Waals surface area contributed by atoms with Gasteiger partial charge in [-0.15, -0.1) is 0 Å². The van der Waals surface area contributed by atoms with Gasteiger partial charge in [-0.05, 0) is 42.7 Å². The number of aryl methyl sites for hydroxylation is 1. The largest absolute Gasteiger partial charge is 0.319 e. The summed E-state index contributed by atoms with van der Waals surface area (Å²) in [4.78, 5) is 28.8. The molecule has 0 saturated carbocycles. The molecular formula is C20H22N4O2. The summed E-state index contributed by atoms with van der Waals surface area (Å²) in [6, 6.07) is 15.2. The molecule has 6 heteroatoms. The highest BCUT2D eigenvalue weighted by molar-refractivity contribution is 6.43. The van der Waals surface area contributed by atoms with Gasteiger partial charge in [0.25, 0.3) is 11.8 Å². The van der Waals surface area contributed by atoms with Crippen LogP contribution < -0.4 is 15.8 Å². The van der Waals surface area contributed by atoms with E-state index in [9.17, 15) is 9.59 Å². The Bertz CT molecular complexity index is 856. The van der Waals surface area contributed by atoms with Crippen molar-refractivity contribution in [2.75, 3.05) is 16.9 Å². The minimum atomic E-state index is -0.379. The number of amides is 2. The lowest BCUT2D eigenvalue weighted by atomic mass is 10.0. The van der Waals surface area contributed by atoms with E-state index >= 15 is 0 Å². The third kappa shape index (κ3) is 3.91. The first-order valence-electron chi connectivity index (χ1n) is 8.56. The maximum atomic E-state index is 12.5. The number of nitrogens with zero attached hydrogens (tertiary/aromatic N) is 2. The lowest BCUT2D eigenvalue weighted by molar-refractivity contribution is -0.118. The second-order valence-electron chi connectivity index (χ2n) is 6.58. The lowest BCUT2D eigenvalue weighted by Crippen LogP contribution is -2.54. The molecule has 0 saturated heterocycles. The maximum absolute atomic E-state index is 12.5. The third-order valence-electron chi connectivity index (χ3n) is 4.16. The van der Waals surface area contributed by atoms with Crippen molar-refractivity contribution < 1.29 is 9.59 Å². The first-order chi connectivity index (χ1) is 12.4. The normalized spacial score (nSPS) is 14.1. The van der Waals surface area contributed by atoms with E-state index in [4.69, 9.17) is 0 Å². The molecule has 3 rings (SSSR count). The van der Waals surface area contributed by atoms with Crippen LogP contribution in [0.25, 0.3) is 0 Å². The highest BCUT2D eigenvalue weighted by atomic mass is 16.2. The Hall–Kier alpha value is -3.15. The summed E-state index contributed by atoms with van der Waals surface area (Å²) in [6.45, 7) is 6.09. The molecule has 0 atom stereocenters. The topological polar surface area (TPSA) is 73.8 Å². The van der Waals surface area contributed by atoms with Crippen LogP contribution in [0.15, 0.2) is 53.5 Å². The highest BCUT2D eigenvalue weighted by Gasteiger charge is 2.25. The second-order valence-corrected chi connectivity index (χ2v) is 6.58. The summed E-state index contributed by atoms with van der Waals surface area (Å²) < 4.78 is 0. The summed E-state index contributed by atoms with van der Waals surface area (Å²) in [5.41, 5.74) is 6.42. The minimum absolute atomic E-state index is 0.0737. The molecule has 0 spiro atoms. The van der Waals surface area contributed by atoms with Crippen molar-refractivity contribution in [2.24, 2.45) is 4.99 Å². The zero-order valence-electron chi connectivity index (χ0n) is 15.1. The maximum Gasteiger partial charge on any atom is 0.292 e. The van der Waals surface area contributed by atoms with Crippen LogP contribution in [0.2, 0.25) is 0 Å². The summed E-state index contributed by atoms with van der Waals surface area (Å²) in [6.07, 6.45) is 0. The van der Waals surface area contributed by atoms with Gasteiger partial charge in [0, 0.05) is 5.69 Å². The number of anilines is 2. The number of rotatable bonds is 4. The number of amidine groups is 1. The van der Waals surface area contributed by atoms with Crippen LogP contribution in [-0.2, 0) is 9.59 Å². The summed E-state index contributed by atoms with van der Waals surface area (Å²) in [5, 5.41) is 4.19. The fraction of sp³-hybridized carbons (Fsp3) is 0.250. The van der Waals surface area contributed by atoms with Crippen LogP contribution in [-0.4, -0.2) is 24.2 Å². The third-order valence-corrected chi connectivity index (χ3v) is 4.16. The predicted molar refractivity (Wildman–Crippen MR) is 103 cm³/mol. The van der Waals surface area contributed by atoms with E-state index in [0.29, 0.717) is 17.3 Å². The van der Waals surface area contributed by atoms with E-state index < -0.39 is 0 Å². The molecule has 6 nitrogen and oxygen atoms in total. The molecule has 0 bridgehead atoms. The number of benzene rings is 2. The number of carbonyl (C=O) groups is 2. The monoisotopic (exact) mass is 350 g/mol. The first kappa shape index (κ1) is 17.7. The summed E-state index contributed by atoms with van der Waals surface area (Å²) in [5.74, 6) is -0.116. The lowest BCUT2D eigenvalue weighted by Gasteiger charge is -2.27. The highest BCUT2D eigenvalue weighted by Crippen LogP contribution is 2.19. The van der Waals surface area contributed by atoms with E-state index in [1.54, 1.807) is 0 Å². The van der Waals surface area contributed by atoms with Crippen LogP contribution in [0, 0.1) is 6.92 Å². The summed E-state index contributed by atoms with van der Waals surface area (Å²) in [7, 11) is 0. The van der Waals surface area contributed by atoms with Gasteiger partial charge in [0.2, 0.25) is 5.84 Å². The fourth-order valence-electron chi connectivity index (χ4n) is 2.61. The van der Waals surface area contributed by atoms with Gasteiger partial charge in [0.05, 0.1) is 5.69 Å². The average molecular weight is 350 g/mol. The molecule has 2 aromatic carbocycles. The molecule has 134 valence electrons. The van der Waals surface area contributed by atoms with Crippen molar-refractivity contribution in [3.63, 3.8) is 0 Å². The minimum Gasteiger partial charge on any atom is -0.319 e. The standard InChI is InChI=1S/C20H22N4O2/c1-13(2)15-5-4-6-16(11-15)22-20(26)19-21-12-18(25)24(23-19)17-9-7-14(3)8-10-17/h4-11,13H,12H2,1-3H3,(H,21,23)(H,22,26).